The lowest BCUT2D eigenvalue weighted by molar-refractivity contribution is -0.124. The standard InChI is InChI=1S/C19H27ClFN3O2/c1-19(2,3)23-17(25)12-24-6-4-13(5-7-24)11-22-18(26)14-8-15(20)10-16(21)9-14/h8-10,13H,4-7,11-12H2,1-3H3,(H,22,26)(H,23,25)/i1D3,2D3,3D3. The molecule has 1 aromatic rings. The van der Waals surface area contributed by atoms with Crippen LogP contribution < -0.4 is 10.6 Å². The van der Waals surface area contributed by atoms with Gasteiger partial charge in [-0.1, -0.05) is 11.6 Å². The van der Waals surface area contributed by atoms with Crippen LogP contribution in [0.15, 0.2) is 18.2 Å². The summed E-state index contributed by atoms with van der Waals surface area (Å²) in [5.74, 6) is -2.09. The Bertz CT molecular complexity index is 873. The third kappa shape index (κ3) is 6.92. The van der Waals surface area contributed by atoms with Gasteiger partial charge in [-0.15, -0.1) is 0 Å². The van der Waals surface area contributed by atoms with Crippen LogP contribution in [0.1, 0.15) is 56.1 Å². The summed E-state index contributed by atoms with van der Waals surface area (Å²) in [4.78, 5) is 26.5. The highest BCUT2D eigenvalue weighted by atomic mass is 35.5. The fourth-order valence-corrected chi connectivity index (χ4v) is 3.05. The second kappa shape index (κ2) is 8.82. The SMILES string of the molecule is [2H]C([2H])([2H])C(NC(=O)CN1CCC(CNC(=O)c2cc(F)cc(Cl)c2)CC1)(C([2H])([2H])[2H])C([2H])([2H])[2H]. The number of carbonyl (C=O) groups is 2. The molecular formula is C19H27ClFN3O2. The van der Waals surface area contributed by atoms with Gasteiger partial charge in [-0.3, -0.25) is 14.5 Å². The summed E-state index contributed by atoms with van der Waals surface area (Å²) in [5.41, 5.74) is -3.32. The van der Waals surface area contributed by atoms with Crippen molar-refractivity contribution >= 4 is 23.4 Å². The van der Waals surface area contributed by atoms with E-state index in [9.17, 15) is 14.0 Å². The van der Waals surface area contributed by atoms with Crippen molar-refractivity contribution in [1.82, 2.24) is 15.5 Å². The molecule has 1 aliphatic heterocycles. The van der Waals surface area contributed by atoms with Crippen molar-refractivity contribution in [1.29, 1.82) is 0 Å². The summed E-state index contributed by atoms with van der Waals surface area (Å²) in [5, 5.41) is 4.62. The van der Waals surface area contributed by atoms with Crippen LogP contribution in [0.2, 0.25) is 5.02 Å². The van der Waals surface area contributed by atoms with Crippen LogP contribution in [0.4, 0.5) is 4.39 Å². The molecule has 0 aliphatic carbocycles. The van der Waals surface area contributed by atoms with E-state index < -0.39 is 43.7 Å². The molecule has 0 bridgehead atoms. The fourth-order valence-electron chi connectivity index (χ4n) is 2.82. The van der Waals surface area contributed by atoms with Gasteiger partial charge in [0.1, 0.15) is 5.82 Å². The zero-order chi connectivity index (χ0) is 26.8. The largest absolute Gasteiger partial charge is 0.352 e. The number of hydrogen-bond acceptors (Lipinski definition) is 3. The minimum Gasteiger partial charge on any atom is -0.352 e. The van der Waals surface area contributed by atoms with E-state index in [1.165, 1.54) is 6.07 Å². The first kappa shape index (κ1) is 11.2. The van der Waals surface area contributed by atoms with Gasteiger partial charge in [-0.05, 0) is 70.6 Å². The van der Waals surface area contributed by atoms with E-state index in [-0.39, 0.29) is 23.0 Å². The van der Waals surface area contributed by atoms with Gasteiger partial charge in [0.2, 0.25) is 5.91 Å². The van der Waals surface area contributed by atoms with Crippen LogP contribution in [-0.2, 0) is 4.79 Å². The third-order valence-corrected chi connectivity index (χ3v) is 4.30. The van der Waals surface area contributed by atoms with Crippen molar-refractivity contribution in [2.45, 2.75) is 38.9 Å². The van der Waals surface area contributed by atoms with E-state index >= 15 is 0 Å². The van der Waals surface area contributed by atoms with Crippen LogP contribution in [0.3, 0.4) is 0 Å². The minimum atomic E-state index is -3.52. The molecule has 2 amide bonds. The molecule has 1 heterocycles. The zero-order valence-corrected chi connectivity index (χ0v) is 14.8. The van der Waals surface area contributed by atoms with E-state index in [0.29, 0.717) is 32.5 Å². The summed E-state index contributed by atoms with van der Waals surface area (Å²) in [7, 11) is 0. The van der Waals surface area contributed by atoms with Crippen molar-refractivity contribution in [3.63, 3.8) is 0 Å². The van der Waals surface area contributed by atoms with Gasteiger partial charge in [0.05, 0.1) is 6.54 Å². The molecule has 0 atom stereocenters. The number of piperidine rings is 1. The van der Waals surface area contributed by atoms with E-state index in [2.05, 4.69) is 5.32 Å². The molecule has 2 rings (SSSR count). The Hall–Kier alpha value is -1.66. The molecule has 144 valence electrons. The fraction of sp³-hybridized carbons (Fsp3) is 0.579. The highest BCUT2D eigenvalue weighted by Gasteiger charge is 2.23. The van der Waals surface area contributed by atoms with Gasteiger partial charge >= 0.3 is 0 Å². The van der Waals surface area contributed by atoms with Crippen molar-refractivity contribution < 1.29 is 26.3 Å². The Morgan fingerprint density at radius 3 is 2.62 bits per heavy atom. The van der Waals surface area contributed by atoms with Gasteiger partial charge in [0.15, 0.2) is 0 Å². The minimum absolute atomic E-state index is 0.0495. The van der Waals surface area contributed by atoms with Crippen molar-refractivity contribution in [2.24, 2.45) is 5.92 Å². The number of nitrogens with one attached hydrogen (secondary N) is 2. The summed E-state index contributed by atoms with van der Waals surface area (Å²) in [6.45, 7) is -9.88. The first-order chi connectivity index (χ1) is 15.9. The molecule has 0 spiro atoms. The Morgan fingerprint density at radius 1 is 1.31 bits per heavy atom. The van der Waals surface area contributed by atoms with Crippen LogP contribution in [0, 0.1) is 11.7 Å². The van der Waals surface area contributed by atoms with Crippen LogP contribution in [0.25, 0.3) is 0 Å². The predicted octanol–water partition coefficient (Wildman–Crippen LogP) is 2.84. The maximum atomic E-state index is 13.4. The lowest BCUT2D eigenvalue weighted by Crippen LogP contribution is -2.48. The number of benzene rings is 1. The molecule has 1 saturated heterocycles. The smallest absolute Gasteiger partial charge is 0.251 e. The van der Waals surface area contributed by atoms with Gasteiger partial charge in [0, 0.05) is 35.0 Å². The predicted molar refractivity (Wildman–Crippen MR) is 101 cm³/mol. The summed E-state index contributed by atoms with van der Waals surface area (Å²) < 4.78 is 81.6. The average molecular weight is 393 g/mol. The molecule has 0 aromatic heterocycles. The molecule has 26 heavy (non-hydrogen) atoms. The zero-order valence-electron chi connectivity index (χ0n) is 23.1. The molecule has 0 saturated carbocycles. The first-order valence-electron chi connectivity index (χ1n) is 12.6. The monoisotopic (exact) mass is 392 g/mol. The van der Waals surface area contributed by atoms with E-state index in [0.717, 1.165) is 12.1 Å². The quantitative estimate of drug-likeness (QED) is 0.809. The number of carbonyl (C=O) groups excluding carboxylic acids is 2. The molecule has 0 radical (unpaired) electrons. The van der Waals surface area contributed by atoms with Gasteiger partial charge in [0.25, 0.3) is 5.91 Å². The van der Waals surface area contributed by atoms with E-state index in [1.807, 2.05) is 5.32 Å². The topological polar surface area (TPSA) is 61.4 Å². The Morgan fingerprint density at radius 2 is 2.00 bits per heavy atom. The Labute approximate surface area is 171 Å². The van der Waals surface area contributed by atoms with Crippen LogP contribution in [0.5, 0.6) is 0 Å². The van der Waals surface area contributed by atoms with Gasteiger partial charge in [-0.25, -0.2) is 4.39 Å². The molecule has 1 aliphatic rings. The number of hydrogen-bond donors (Lipinski definition) is 2. The normalized spacial score (nSPS) is 22.9. The van der Waals surface area contributed by atoms with Crippen LogP contribution >= 0.6 is 11.6 Å². The molecule has 2 N–H and O–H groups in total. The number of likely N-dealkylation sites (tertiary alicyclic amines) is 1. The van der Waals surface area contributed by atoms with Gasteiger partial charge < -0.3 is 10.6 Å². The maximum absolute atomic E-state index is 13.4. The number of nitrogens with zero attached hydrogens (tertiary/aromatic N) is 1. The third-order valence-electron chi connectivity index (χ3n) is 4.08. The Kier molecular flexibility index (Phi) is 3.81. The molecule has 5 nitrogen and oxygen atoms in total. The van der Waals surface area contributed by atoms with Crippen molar-refractivity contribution in [3.8, 4) is 0 Å². The summed E-state index contributed by atoms with van der Waals surface area (Å²) >= 11 is 5.76. The number of rotatable bonds is 5. The summed E-state index contributed by atoms with van der Waals surface area (Å²) in [6.07, 6.45) is 1.11. The lowest BCUT2D eigenvalue weighted by atomic mass is 9.96. The van der Waals surface area contributed by atoms with Crippen molar-refractivity contribution in [2.75, 3.05) is 26.2 Å². The molecule has 1 aromatic carbocycles. The second-order valence-corrected chi connectivity index (χ2v) is 6.82. The number of halogens is 2. The first-order valence-corrected chi connectivity index (χ1v) is 8.53. The number of amides is 2. The highest BCUT2D eigenvalue weighted by molar-refractivity contribution is 6.31. The molecule has 7 heteroatoms. The molecular weight excluding hydrogens is 357 g/mol. The maximum Gasteiger partial charge on any atom is 0.251 e. The van der Waals surface area contributed by atoms with Crippen LogP contribution in [-0.4, -0.2) is 48.4 Å². The Balaban J connectivity index is 1.94. The highest BCUT2D eigenvalue weighted by Crippen LogP contribution is 2.17. The molecule has 1 fully saturated rings. The van der Waals surface area contributed by atoms with Crippen molar-refractivity contribution in [3.05, 3.63) is 34.6 Å². The molecule has 0 unspecified atom stereocenters. The summed E-state index contributed by atoms with van der Waals surface area (Å²) in [6, 6.07) is 3.50. The van der Waals surface area contributed by atoms with Gasteiger partial charge in [-0.2, -0.15) is 0 Å². The average Bonchev–Trinajstić information content (AvgIpc) is 2.67. The lowest BCUT2D eigenvalue weighted by Gasteiger charge is -2.32. The van der Waals surface area contributed by atoms with E-state index in [4.69, 9.17) is 23.9 Å². The van der Waals surface area contributed by atoms with E-state index in [1.54, 1.807) is 4.90 Å². The second-order valence-electron chi connectivity index (χ2n) is 6.39.